The van der Waals surface area contributed by atoms with Gasteiger partial charge in [0.25, 0.3) is 0 Å². The average molecular weight is 413 g/mol. The predicted octanol–water partition coefficient (Wildman–Crippen LogP) is 3.19. The molecule has 5 fully saturated rings. The summed E-state index contributed by atoms with van der Waals surface area (Å²) in [7, 11) is 0. The maximum Gasteiger partial charge on any atom is 0.411 e. The van der Waals surface area contributed by atoms with Gasteiger partial charge in [0.15, 0.2) is 0 Å². The standard InChI is InChI=1S/C24H32N2O4/c27-21-6-7-25(14-21)22(28)15-26(23(29)30-16-17-4-2-1-3-5-17)24-11-18-8-19(12-24)10-20(9-18)13-24/h1-5,18-21,27H,6-16H2. The minimum absolute atomic E-state index is 0.0620. The lowest BCUT2D eigenvalue weighted by Crippen LogP contribution is -2.63. The highest BCUT2D eigenvalue weighted by molar-refractivity contribution is 5.83. The molecule has 6 heteroatoms. The third-order valence-electron chi connectivity index (χ3n) is 7.81. The molecule has 4 saturated carbocycles. The lowest BCUT2D eigenvalue weighted by atomic mass is 9.52. The zero-order valence-corrected chi connectivity index (χ0v) is 17.5. The Balaban J connectivity index is 1.35. The number of carbonyl (C=O) groups excluding carboxylic acids is 2. The summed E-state index contributed by atoms with van der Waals surface area (Å²) < 4.78 is 5.73. The highest BCUT2D eigenvalue weighted by Gasteiger charge is 2.55. The molecule has 1 aromatic rings. The summed E-state index contributed by atoms with van der Waals surface area (Å²) >= 11 is 0. The number of hydrogen-bond donors (Lipinski definition) is 1. The molecule has 6 nitrogen and oxygen atoms in total. The van der Waals surface area contributed by atoms with Crippen molar-refractivity contribution < 1.29 is 19.4 Å². The molecule has 162 valence electrons. The molecule has 1 N–H and O–H groups in total. The van der Waals surface area contributed by atoms with Gasteiger partial charge in [-0.1, -0.05) is 30.3 Å². The van der Waals surface area contributed by atoms with Gasteiger partial charge in [0.2, 0.25) is 5.91 Å². The van der Waals surface area contributed by atoms with Crippen LogP contribution in [0.5, 0.6) is 0 Å². The van der Waals surface area contributed by atoms with Crippen LogP contribution >= 0.6 is 0 Å². The maximum atomic E-state index is 13.3. The molecule has 5 aliphatic rings. The molecule has 1 unspecified atom stereocenters. The van der Waals surface area contributed by atoms with Crippen molar-refractivity contribution in [1.29, 1.82) is 0 Å². The largest absolute Gasteiger partial charge is 0.445 e. The van der Waals surface area contributed by atoms with Crippen molar-refractivity contribution in [2.75, 3.05) is 19.6 Å². The SMILES string of the molecule is O=C(CN(C(=O)OCc1ccccc1)C12CC3CC(CC(C3)C1)C2)N1CCC(O)C1. The molecule has 1 aromatic carbocycles. The van der Waals surface area contributed by atoms with Crippen LogP contribution in [0.2, 0.25) is 0 Å². The number of β-amino-alcohol motifs (C(OH)–C–C–N with tert-alkyl or cyclic N) is 1. The van der Waals surface area contributed by atoms with E-state index < -0.39 is 6.10 Å². The van der Waals surface area contributed by atoms with Crippen molar-refractivity contribution in [2.24, 2.45) is 17.8 Å². The third-order valence-corrected chi connectivity index (χ3v) is 7.81. The fraction of sp³-hybridized carbons (Fsp3) is 0.667. The van der Waals surface area contributed by atoms with E-state index in [-0.39, 0.29) is 30.7 Å². The van der Waals surface area contributed by atoms with Gasteiger partial charge in [-0.25, -0.2) is 4.79 Å². The van der Waals surface area contributed by atoms with Crippen LogP contribution in [0, 0.1) is 17.8 Å². The first kappa shape index (κ1) is 19.9. The summed E-state index contributed by atoms with van der Waals surface area (Å²) in [6, 6.07) is 9.69. The van der Waals surface area contributed by atoms with Crippen LogP contribution in [-0.4, -0.2) is 58.2 Å². The fourth-order valence-electron chi connectivity index (χ4n) is 6.82. The summed E-state index contributed by atoms with van der Waals surface area (Å²) in [5.41, 5.74) is 0.710. The molecule has 30 heavy (non-hydrogen) atoms. The van der Waals surface area contributed by atoms with Crippen LogP contribution in [0.4, 0.5) is 4.79 Å². The van der Waals surface area contributed by atoms with Crippen molar-refractivity contribution in [3.8, 4) is 0 Å². The van der Waals surface area contributed by atoms with Crippen molar-refractivity contribution in [2.45, 2.75) is 63.2 Å². The zero-order chi connectivity index (χ0) is 20.7. The Morgan fingerprint density at radius 3 is 2.27 bits per heavy atom. The van der Waals surface area contributed by atoms with Crippen molar-refractivity contribution in [3.05, 3.63) is 35.9 Å². The summed E-state index contributed by atoms with van der Waals surface area (Å²) in [4.78, 5) is 29.9. The average Bonchev–Trinajstić information content (AvgIpc) is 3.16. The molecular formula is C24H32N2O4. The number of aliphatic hydroxyl groups is 1. The highest BCUT2D eigenvalue weighted by atomic mass is 16.6. The van der Waals surface area contributed by atoms with E-state index in [9.17, 15) is 14.7 Å². The molecule has 6 rings (SSSR count). The molecule has 4 aliphatic carbocycles. The predicted molar refractivity (Wildman–Crippen MR) is 111 cm³/mol. The zero-order valence-electron chi connectivity index (χ0n) is 17.5. The first-order chi connectivity index (χ1) is 14.5. The van der Waals surface area contributed by atoms with Gasteiger partial charge in [-0.15, -0.1) is 0 Å². The first-order valence-corrected chi connectivity index (χ1v) is 11.4. The van der Waals surface area contributed by atoms with Crippen LogP contribution in [0.3, 0.4) is 0 Å². The lowest BCUT2D eigenvalue weighted by Gasteiger charge is -2.59. The summed E-state index contributed by atoms with van der Waals surface area (Å²) in [5.74, 6) is 1.94. The number of benzene rings is 1. The molecule has 0 spiro atoms. The third kappa shape index (κ3) is 3.82. The molecule has 1 atom stereocenters. The Bertz CT molecular complexity index is 760. The van der Waals surface area contributed by atoms with E-state index in [1.54, 1.807) is 9.80 Å². The van der Waals surface area contributed by atoms with E-state index in [4.69, 9.17) is 4.74 Å². The summed E-state index contributed by atoms with van der Waals surface area (Å²) in [6.07, 6.45) is 6.61. The van der Waals surface area contributed by atoms with E-state index in [0.717, 1.165) is 24.8 Å². The maximum absolute atomic E-state index is 13.3. The van der Waals surface area contributed by atoms with Crippen LogP contribution in [0.15, 0.2) is 30.3 Å². The van der Waals surface area contributed by atoms with Gasteiger partial charge in [0.05, 0.1) is 6.10 Å². The number of carbonyl (C=O) groups is 2. The lowest BCUT2D eigenvalue weighted by molar-refractivity contribution is -0.137. The number of likely N-dealkylation sites (tertiary alicyclic amines) is 1. The van der Waals surface area contributed by atoms with Crippen LogP contribution < -0.4 is 0 Å². The van der Waals surface area contributed by atoms with Gasteiger partial charge in [-0.05, 0) is 68.3 Å². The van der Waals surface area contributed by atoms with Crippen molar-refractivity contribution >= 4 is 12.0 Å². The Kier molecular flexibility index (Phi) is 5.21. The second kappa shape index (κ2) is 7.88. The summed E-state index contributed by atoms with van der Waals surface area (Å²) in [6.45, 7) is 1.21. The quantitative estimate of drug-likeness (QED) is 0.806. The molecule has 0 aromatic heterocycles. The minimum atomic E-state index is -0.452. The van der Waals surface area contributed by atoms with Crippen LogP contribution in [0.25, 0.3) is 0 Å². The molecule has 2 amide bonds. The second-order valence-corrected chi connectivity index (χ2v) is 10.1. The van der Waals surface area contributed by atoms with E-state index in [1.807, 2.05) is 30.3 Å². The monoisotopic (exact) mass is 412 g/mol. The van der Waals surface area contributed by atoms with Gasteiger partial charge < -0.3 is 14.7 Å². The minimum Gasteiger partial charge on any atom is -0.445 e. The van der Waals surface area contributed by atoms with E-state index in [2.05, 4.69) is 0 Å². The second-order valence-electron chi connectivity index (χ2n) is 10.1. The topological polar surface area (TPSA) is 70.1 Å². The molecule has 1 aliphatic heterocycles. The summed E-state index contributed by atoms with van der Waals surface area (Å²) in [5, 5.41) is 9.83. The van der Waals surface area contributed by atoms with Crippen LogP contribution in [0.1, 0.15) is 50.5 Å². The number of amides is 2. The molecule has 4 bridgehead atoms. The smallest absolute Gasteiger partial charge is 0.411 e. The van der Waals surface area contributed by atoms with Gasteiger partial charge in [-0.3, -0.25) is 9.69 Å². The number of aliphatic hydroxyl groups excluding tert-OH is 1. The van der Waals surface area contributed by atoms with Gasteiger partial charge >= 0.3 is 6.09 Å². The fourth-order valence-corrected chi connectivity index (χ4v) is 6.82. The number of ether oxygens (including phenoxy) is 1. The molecular weight excluding hydrogens is 380 g/mol. The van der Waals surface area contributed by atoms with Gasteiger partial charge in [0, 0.05) is 18.6 Å². The number of hydrogen-bond acceptors (Lipinski definition) is 4. The first-order valence-electron chi connectivity index (χ1n) is 11.4. The van der Waals surface area contributed by atoms with Crippen LogP contribution in [-0.2, 0) is 16.1 Å². The normalized spacial score (nSPS) is 34.2. The van der Waals surface area contributed by atoms with E-state index in [0.29, 0.717) is 37.3 Å². The van der Waals surface area contributed by atoms with Crippen molar-refractivity contribution in [3.63, 3.8) is 0 Å². The van der Waals surface area contributed by atoms with Gasteiger partial charge in [-0.2, -0.15) is 0 Å². The Labute approximate surface area is 178 Å². The van der Waals surface area contributed by atoms with Gasteiger partial charge in [0.1, 0.15) is 13.2 Å². The Morgan fingerprint density at radius 2 is 1.70 bits per heavy atom. The Hall–Kier alpha value is -2.08. The number of nitrogens with zero attached hydrogens (tertiary/aromatic N) is 2. The molecule has 0 radical (unpaired) electrons. The highest BCUT2D eigenvalue weighted by Crippen LogP contribution is 2.57. The van der Waals surface area contributed by atoms with Crippen molar-refractivity contribution in [1.82, 2.24) is 9.80 Å². The Morgan fingerprint density at radius 1 is 1.07 bits per heavy atom. The molecule has 1 saturated heterocycles. The van der Waals surface area contributed by atoms with E-state index in [1.165, 1.54) is 19.3 Å². The number of rotatable bonds is 5. The molecule has 1 heterocycles. The van der Waals surface area contributed by atoms with E-state index >= 15 is 0 Å².